The van der Waals surface area contributed by atoms with Crippen molar-refractivity contribution in [2.45, 2.75) is 31.0 Å². The molecule has 1 atom stereocenters. The van der Waals surface area contributed by atoms with E-state index in [4.69, 9.17) is 9.47 Å². The van der Waals surface area contributed by atoms with Crippen molar-refractivity contribution in [3.05, 3.63) is 48.0 Å². The van der Waals surface area contributed by atoms with Crippen LogP contribution in [0.5, 0.6) is 11.5 Å². The summed E-state index contributed by atoms with van der Waals surface area (Å²) in [5, 5.41) is 2.58. The van der Waals surface area contributed by atoms with Gasteiger partial charge in [0.2, 0.25) is 15.9 Å². The van der Waals surface area contributed by atoms with Gasteiger partial charge in [0, 0.05) is 6.07 Å². The van der Waals surface area contributed by atoms with E-state index in [0.717, 1.165) is 18.2 Å². The van der Waals surface area contributed by atoms with Crippen molar-refractivity contribution < 1.29 is 35.9 Å². The zero-order valence-corrected chi connectivity index (χ0v) is 18.1. The number of carbonyl (C=O) groups excluding carboxylic acids is 1. The highest BCUT2D eigenvalue weighted by Gasteiger charge is 2.33. The summed E-state index contributed by atoms with van der Waals surface area (Å²) in [7, 11) is -1.59. The second-order valence-electron chi connectivity index (χ2n) is 6.92. The maximum Gasteiger partial charge on any atom is 0.416 e. The Morgan fingerprint density at radius 1 is 1.03 bits per heavy atom. The summed E-state index contributed by atoms with van der Waals surface area (Å²) in [6.45, 7) is 3.20. The largest absolute Gasteiger partial charge is 0.497 e. The summed E-state index contributed by atoms with van der Waals surface area (Å²) in [5.74, 6) is -0.478. The highest BCUT2D eigenvalue weighted by atomic mass is 32.2. The smallest absolute Gasteiger partial charge is 0.416 e. The molecule has 2 rings (SSSR count). The van der Waals surface area contributed by atoms with E-state index in [-0.39, 0.29) is 5.69 Å². The average molecular weight is 460 g/mol. The van der Waals surface area contributed by atoms with Crippen LogP contribution in [0.1, 0.15) is 19.4 Å². The Morgan fingerprint density at radius 2 is 1.71 bits per heavy atom. The van der Waals surface area contributed by atoms with Crippen molar-refractivity contribution >= 4 is 21.6 Å². The third-order valence-electron chi connectivity index (χ3n) is 4.37. The number of rotatable bonds is 8. The average Bonchev–Trinajstić information content (AvgIpc) is 2.71. The molecule has 1 unspecified atom stereocenters. The molecular formula is C20H23F3N2O5S. The summed E-state index contributed by atoms with van der Waals surface area (Å²) in [6, 6.07) is 6.70. The van der Waals surface area contributed by atoms with E-state index in [9.17, 15) is 26.4 Å². The lowest BCUT2D eigenvalue weighted by molar-refractivity contribution is -0.137. The number of benzene rings is 2. The lowest BCUT2D eigenvalue weighted by Crippen LogP contribution is -2.47. The van der Waals surface area contributed by atoms with Crippen molar-refractivity contribution in [3.63, 3.8) is 0 Å². The topological polar surface area (TPSA) is 93.7 Å². The van der Waals surface area contributed by atoms with Crippen LogP contribution in [0.4, 0.5) is 18.9 Å². The molecule has 0 spiro atoms. The van der Waals surface area contributed by atoms with Crippen LogP contribution in [0.15, 0.2) is 47.4 Å². The Bertz CT molecular complexity index is 1040. The molecule has 0 saturated heterocycles. The quantitative estimate of drug-likeness (QED) is 0.627. The first-order chi connectivity index (χ1) is 14.4. The van der Waals surface area contributed by atoms with Crippen LogP contribution in [-0.2, 0) is 21.0 Å². The summed E-state index contributed by atoms with van der Waals surface area (Å²) in [5.41, 5.74) is -0.863. The Balaban J connectivity index is 2.32. The summed E-state index contributed by atoms with van der Waals surface area (Å²) >= 11 is 0. The molecule has 0 aliphatic carbocycles. The first kappa shape index (κ1) is 24.5. The molecular weight excluding hydrogens is 437 g/mol. The number of ether oxygens (including phenoxy) is 2. The molecule has 7 nitrogen and oxygen atoms in total. The van der Waals surface area contributed by atoms with E-state index in [1.165, 1.54) is 20.3 Å². The van der Waals surface area contributed by atoms with E-state index in [1.54, 1.807) is 26.0 Å². The number of hydrogen-bond donors (Lipinski definition) is 2. The van der Waals surface area contributed by atoms with Gasteiger partial charge in [-0.15, -0.1) is 0 Å². The predicted octanol–water partition coefficient (Wildman–Crippen LogP) is 3.66. The molecule has 170 valence electrons. The fourth-order valence-electron chi connectivity index (χ4n) is 2.69. The maximum absolute atomic E-state index is 12.9. The van der Waals surface area contributed by atoms with E-state index in [1.807, 2.05) is 0 Å². The summed E-state index contributed by atoms with van der Waals surface area (Å²) in [4.78, 5) is 12.2. The minimum Gasteiger partial charge on any atom is -0.497 e. The van der Waals surface area contributed by atoms with E-state index in [2.05, 4.69) is 10.0 Å². The minimum absolute atomic E-state index is 0.246. The van der Waals surface area contributed by atoms with Crippen LogP contribution in [0.3, 0.4) is 0 Å². The zero-order valence-electron chi connectivity index (χ0n) is 17.3. The molecule has 1 amide bonds. The molecule has 0 fully saturated rings. The van der Waals surface area contributed by atoms with Crippen LogP contribution in [0.2, 0.25) is 0 Å². The number of methoxy groups -OCH3 is 2. The number of anilines is 1. The fourth-order valence-corrected chi connectivity index (χ4v) is 4.08. The zero-order chi connectivity index (χ0) is 23.4. The van der Waals surface area contributed by atoms with Gasteiger partial charge in [-0.1, -0.05) is 19.9 Å². The van der Waals surface area contributed by atoms with Gasteiger partial charge < -0.3 is 14.8 Å². The molecule has 2 N–H and O–H groups in total. The third-order valence-corrected chi connectivity index (χ3v) is 5.81. The summed E-state index contributed by atoms with van der Waals surface area (Å²) in [6.07, 6.45) is -4.71. The van der Waals surface area contributed by atoms with Gasteiger partial charge in [0.1, 0.15) is 17.5 Å². The normalized spacial score (nSPS) is 13.0. The Hall–Kier alpha value is -2.79. The second kappa shape index (κ2) is 9.56. The van der Waals surface area contributed by atoms with Gasteiger partial charge in [-0.2, -0.15) is 17.9 Å². The molecule has 2 aromatic rings. The van der Waals surface area contributed by atoms with E-state index < -0.39 is 44.5 Å². The molecule has 0 heterocycles. The molecule has 0 aliphatic rings. The van der Waals surface area contributed by atoms with Crippen molar-refractivity contribution in [3.8, 4) is 11.5 Å². The molecule has 11 heteroatoms. The number of amides is 1. The van der Waals surface area contributed by atoms with Crippen LogP contribution in [0, 0.1) is 5.92 Å². The molecule has 31 heavy (non-hydrogen) atoms. The van der Waals surface area contributed by atoms with Gasteiger partial charge in [-0.05, 0) is 36.2 Å². The molecule has 0 bridgehead atoms. The van der Waals surface area contributed by atoms with Crippen LogP contribution in [0.25, 0.3) is 0 Å². The second-order valence-corrected chi connectivity index (χ2v) is 8.64. The van der Waals surface area contributed by atoms with E-state index >= 15 is 0 Å². The maximum atomic E-state index is 12.9. The number of hydrogen-bond acceptors (Lipinski definition) is 5. The number of sulfonamides is 1. The molecule has 0 saturated carbocycles. The van der Waals surface area contributed by atoms with Crippen LogP contribution in [-0.4, -0.2) is 34.6 Å². The van der Waals surface area contributed by atoms with Crippen LogP contribution < -0.4 is 19.5 Å². The van der Waals surface area contributed by atoms with Crippen molar-refractivity contribution in [1.29, 1.82) is 0 Å². The third kappa shape index (κ3) is 6.11. The Morgan fingerprint density at radius 3 is 2.26 bits per heavy atom. The SMILES string of the molecule is COc1ccc(OC)c(NC(=O)C(NS(=O)(=O)c2cccc(C(F)(F)F)c2)C(C)C)c1. The fraction of sp³-hybridized carbons (Fsp3) is 0.350. The van der Waals surface area contributed by atoms with Gasteiger partial charge >= 0.3 is 6.18 Å². The standard InChI is InChI=1S/C20H23F3N2O5S/c1-12(2)18(19(26)24-16-11-14(29-3)8-9-17(16)30-4)25-31(27,28)15-7-5-6-13(10-15)20(21,22)23/h5-12,18,25H,1-4H3,(H,24,26). The molecule has 0 aliphatic heterocycles. The molecule has 0 radical (unpaired) electrons. The number of nitrogens with one attached hydrogen (secondary N) is 2. The van der Waals surface area contributed by atoms with Gasteiger partial charge in [-0.3, -0.25) is 4.79 Å². The number of alkyl halides is 3. The Labute approximate surface area is 178 Å². The number of halogens is 3. The Kier molecular flexibility index (Phi) is 7.55. The lowest BCUT2D eigenvalue weighted by atomic mass is 10.0. The van der Waals surface area contributed by atoms with Crippen molar-refractivity contribution in [2.24, 2.45) is 5.92 Å². The highest BCUT2D eigenvalue weighted by Crippen LogP contribution is 2.31. The summed E-state index contributed by atoms with van der Waals surface area (Å²) < 4.78 is 76.7. The van der Waals surface area contributed by atoms with Crippen molar-refractivity contribution in [2.75, 3.05) is 19.5 Å². The molecule has 0 aromatic heterocycles. The van der Waals surface area contributed by atoms with Crippen molar-refractivity contribution in [1.82, 2.24) is 4.72 Å². The first-order valence-electron chi connectivity index (χ1n) is 9.11. The highest BCUT2D eigenvalue weighted by molar-refractivity contribution is 7.89. The first-order valence-corrected chi connectivity index (χ1v) is 10.6. The van der Waals surface area contributed by atoms with Gasteiger partial charge in [-0.25, -0.2) is 8.42 Å². The predicted molar refractivity (Wildman–Crippen MR) is 109 cm³/mol. The number of carbonyl (C=O) groups is 1. The van der Waals surface area contributed by atoms with Gasteiger partial charge in [0.05, 0.1) is 30.4 Å². The lowest BCUT2D eigenvalue weighted by Gasteiger charge is -2.22. The van der Waals surface area contributed by atoms with E-state index in [0.29, 0.717) is 17.6 Å². The molecule has 2 aromatic carbocycles. The monoisotopic (exact) mass is 460 g/mol. The minimum atomic E-state index is -4.71. The van der Waals surface area contributed by atoms with Crippen LogP contribution >= 0.6 is 0 Å². The van der Waals surface area contributed by atoms with Gasteiger partial charge in [0.15, 0.2) is 0 Å². The van der Waals surface area contributed by atoms with Gasteiger partial charge in [0.25, 0.3) is 0 Å².